The highest BCUT2D eigenvalue weighted by Gasteiger charge is 2.32. The minimum Gasteiger partial charge on any atom is -0.392 e. The van der Waals surface area contributed by atoms with E-state index in [1.165, 1.54) is 0 Å². The van der Waals surface area contributed by atoms with Gasteiger partial charge in [0.25, 0.3) is 0 Å². The zero-order valence-electron chi connectivity index (χ0n) is 7.40. The van der Waals surface area contributed by atoms with Crippen LogP contribution >= 0.6 is 11.8 Å². The van der Waals surface area contributed by atoms with Gasteiger partial charge in [0.1, 0.15) is 0 Å². The van der Waals surface area contributed by atoms with E-state index in [1.54, 1.807) is 11.8 Å². The van der Waals surface area contributed by atoms with Crippen molar-refractivity contribution in [3.05, 3.63) is 0 Å². The molecule has 2 aliphatic heterocycles. The number of rotatable bonds is 1. The standard InChI is InChI=1S/C8H14N2O2S/c11-6-3-7(9-4-6)8(12)10-1-2-13-5-10/h6-7,9,11H,1-5H2/t6?,7-/m0/s1. The van der Waals surface area contributed by atoms with Crippen LogP contribution in [0.1, 0.15) is 6.42 Å². The van der Waals surface area contributed by atoms with Crippen LogP contribution in [0.2, 0.25) is 0 Å². The molecule has 2 rings (SSSR count). The van der Waals surface area contributed by atoms with Crippen LogP contribution in [0, 0.1) is 0 Å². The first-order valence-electron chi connectivity index (χ1n) is 4.55. The monoisotopic (exact) mass is 202 g/mol. The number of nitrogens with zero attached hydrogens (tertiary/aromatic N) is 1. The third-order valence-corrected chi connectivity index (χ3v) is 3.44. The van der Waals surface area contributed by atoms with Gasteiger partial charge in [0.15, 0.2) is 0 Å². The molecular formula is C8H14N2O2S. The Balaban J connectivity index is 1.89. The molecule has 0 aliphatic carbocycles. The van der Waals surface area contributed by atoms with Crippen LogP contribution in [0.15, 0.2) is 0 Å². The minimum absolute atomic E-state index is 0.145. The van der Waals surface area contributed by atoms with Gasteiger partial charge in [-0.15, -0.1) is 11.8 Å². The molecule has 0 aromatic rings. The maximum atomic E-state index is 11.7. The first kappa shape index (κ1) is 9.30. The zero-order valence-corrected chi connectivity index (χ0v) is 8.22. The van der Waals surface area contributed by atoms with Crippen LogP contribution in [0.5, 0.6) is 0 Å². The summed E-state index contributed by atoms with van der Waals surface area (Å²) in [6, 6.07) is -0.145. The van der Waals surface area contributed by atoms with E-state index in [-0.39, 0.29) is 18.1 Å². The van der Waals surface area contributed by atoms with Gasteiger partial charge in [-0.05, 0) is 6.42 Å². The second-order valence-corrected chi connectivity index (χ2v) is 4.56. The number of aliphatic hydroxyl groups excluding tert-OH is 1. The molecule has 1 amide bonds. The fourth-order valence-electron chi connectivity index (χ4n) is 1.71. The van der Waals surface area contributed by atoms with E-state index in [2.05, 4.69) is 5.32 Å². The predicted octanol–water partition coefficient (Wildman–Crippen LogP) is -0.758. The van der Waals surface area contributed by atoms with Crippen LogP contribution in [-0.4, -0.2) is 52.8 Å². The SMILES string of the molecule is O=C([C@@H]1CC(O)CN1)N1CCSC1. The molecule has 2 heterocycles. The molecule has 1 unspecified atom stereocenters. The Morgan fingerprint density at radius 2 is 2.46 bits per heavy atom. The number of nitrogens with one attached hydrogen (secondary N) is 1. The molecule has 4 nitrogen and oxygen atoms in total. The van der Waals surface area contributed by atoms with Gasteiger partial charge in [-0.2, -0.15) is 0 Å². The largest absolute Gasteiger partial charge is 0.392 e. The maximum absolute atomic E-state index is 11.7. The number of amides is 1. The van der Waals surface area contributed by atoms with E-state index in [0.717, 1.165) is 18.2 Å². The Bertz CT molecular complexity index is 206. The lowest BCUT2D eigenvalue weighted by Crippen LogP contribution is -2.42. The lowest BCUT2D eigenvalue weighted by Gasteiger charge is -2.18. The fraction of sp³-hybridized carbons (Fsp3) is 0.875. The van der Waals surface area contributed by atoms with Crippen molar-refractivity contribution in [2.45, 2.75) is 18.6 Å². The van der Waals surface area contributed by atoms with Crippen molar-refractivity contribution in [3.63, 3.8) is 0 Å². The van der Waals surface area contributed by atoms with E-state index < -0.39 is 0 Å². The molecule has 2 atom stereocenters. The van der Waals surface area contributed by atoms with Gasteiger partial charge in [-0.3, -0.25) is 4.79 Å². The Hall–Kier alpha value is -0.260. The third kappa shape index (κ3) is 1.98. The summed E-state index contributed by atoms with van der Waals surface area (Å²) in [6.07, 6.45) is 0.226. The maximum Gasteiger partial charge on any atom is 0.240 e. The lowest BCUT2D eigenvalue weighted by atomic mass is 10.2. The second kappa shape index (κ2) is 3.86. The molecule has 13 heavy (non-hydrogen) atoms. The minimum atomic E-state index is -0.343. The first-order valence-corrected chi connectivity index (χ1v) is 5.71. The molecule has 2 aliphatic rings. The summed E-state index contributed by atoms with van der Waals surface area (Å²) in [5, 5.41) is 12.3. The number of thioether (sulfide) groups is 1. The van der Waals surface area contributed by atoms with Gasteiger partial charge in [0.05, 0.1) is 18.0 Å². The van der Waals surface area contributed by atoms with Gasteiger partial charge in [-0.25, -0.2) is 0 Å². The topological polar surface area (TPSA) is 52.6 Å². The smallest absolute Gasteiger partial charge is 0.240 e. The summed E-state index contributed by atoms with van der Waals surface area (Å²) in [5.41, 5.74) is 0. The van der Waals surface area contributed by atoms with Crippen molar-refractivity contribution in [1.29, 1.82) is 0 Å². The van der Waals surface area contributed by atoms with E-state index in [4.69, 9.17) is 0 Å². The van der Waals surface area contributed by atoms with Crippen LogP contribution in [-0.2, 0) is 4.79 Å². The molecule has 0 aromatic carbocycles. The molecule has 74 valence electrons. The molecule has 0 aromatic heterocycles. The molecular weight excluding hydrogens is 188 g/mol. The summed E-state index contributed by atoms with van der Waals surface area (Å²) >= 11 is 1.78. The van der Waals surface area contributed by atoms with Crippen molar-refractivity contribution in [1.82, 2.24) is 10.2 Å². The number of β-amino-alcohol motifs (C(OH)–C–C–N with tert-alkyl or cyclic N) is 1. The highest BCUT2D eigenvalue weighted by atomic mass is 32.2. The van der Waals surface area contributed by atoms with E-state index in [9.17, 15) is 9.90 Å². The van der Waals surface area contributed by atoms with Gasteiger partial charge in [-0.1, -0.05) is 0 Å². The van der Waals surface area contributed by atoms with Gasteiger partial charge >= 0.3 is 0 Å². The molecule has 2 fully saturated rings. The van der Waals surface area contributed by atoms with Crippen LogP contribution < -0.4 is 5.32 Å². The Kier molecular flexibility index (Phi) is 2.76. The van der Waals surface area contributed by atoms with Crippen molar-refractivity contribution in [2.75, 3.05) is 24.7 Å². The highest BCUT2D eigenvalue weighted by molar-refractivity contribution is 7.99. The number of hydrogen-bond donors (Lipinski definition) is 2. The number of hydrogen-bond acceptors (Lipinski definition) is 4. The first-order chi connectivity index (χ1) is 6.27. The average Bonchev–Trinajstić information content (AvgIpc) is 2.72. The number of carbonyl (C=O) groups is 1. The van der Waals surface area contributed by atoms with E-state index >= 15 is 0 Å². The van der Waals surface area contributed by atoms with Gasteiger partial charge in [0.2, 0.25) is 5.91 Å². The van der Waals surface area contributed by atoms with Crippen LogP contribution in [0.4, 0.5) is 0 Å². The van der Waals surface area contributed by atoms with Crippen molar-refractivity contribution in [2.24, 2.45) is 0 Å². The Morgan fingerprint density at radius 1 is 1.62 bits per heavy atom. The summed E-state index contributed by atoms with van der Waals surface area (Å²) in [4.78, 5) is 13.6. The molecule has 0 spiro atoms. The summed E-state index contributed by atoms with van der Waals surface area (Å²) < 4.78 is 0. The third-order valence-electron chi connectivity index (χ3n) is 2.47. The average molecular weight is 202 g/mol. The Morgan fingerprint density at radius 3 is 3.00 bits per heavy atom. The molecule has 0 radical (unpaired) electrons. The zero-order chi connectivity index (χ0) is 9.26. The Labute approximate surface area is 81.7 Å². The van der Waals surface area contributed by atoms with Crippen molar-refractivity contribution < 1.29 is 9.90 Å². The second-order valence-electron chi connectivity index (χ2n) is 3.49. The van der Waals surface area contributed by atoms with Crippen LogP contribution in [0.25, 0.3) is 0 Å². The summed E-state index contributed by atoms with van der Waals surface area (Å²) in [7, 11) is 0. The normalized spacial score (nSPS) is 34.1. The quantitative estimate of drug-likeness (QED) is 0.587. The lowest BCUT2D eigenvalue weighted by molar-refractivity contribution is -0.131. The molecule has 2 saturated heterocycles. The summed E-state index contributed by atoms with van der Waals surface area (Å²) in [5.74, 6) is 2.01. The van der Waals surface area contributed by atoms with Gasteiger partial charge < -0.3 is 15.3 Å². The fourth-order valence-corrected chi connectivity index (χ4v) is 2.67. The molecule has 0 bridgehead atoms. The predicted molar refractivity (Wildman–Crippen MR) is 51.5 cm³/mol. The highest BCUT2D eigenvalue weighted by Crippen LogP contribution is 2.17. The number of aliphatic hydroxyl groups is 1. The van der Waals surface area contributed by atoms with Gasteiger partial charge in [0, 0.05) is 18.8 Å². The van der Waals surface area contributed by atoms with E-state index in [1.807, 2.05) is 4.90 Å². The van der Waals surface area contributed by atoms with E-state index in [0.29, 0.717) is 13.0 Å². The summed E-state index contributed by atoms with van der Waals surface area (Å²) in [6.45, 7) is 1.41. The van der Waals surface area contributed by atoms with Crippen LogP contribution in [0.3, 0.4) is 0 Å². The van der Waals surface area contributed by atoms with Crippen molar-refractivity contribution >= 4 is 17.7 Å². The molecule has 5 heteroatoms. The molecule has 0 saturated carbocycles. The number of carbonyl (C=O) groups excluding carboxylic acids is 1. The molecule has 2 N–H and O–H groups in total. The van der Waals surface area contributed by atoms with Crippen molar-refractivity contribution in [3.8, 4) is 0 Å².